The van der Waals surface area contributed by atoms with Crippen molar-refractivity contribution in [2.45, 2.75) is 6.10 Å². The lowest BCUT2D eigenvalue weighted by molar-refractivity contribution is 0.224. The van der Waals surface area contributed by atoms with Crippen LogP contribution < -0.4 is 0 Å². The van der Waals surface area contributed by atoms with Crippen molar-refractivity contribution in [2.75, 3.05) is 0 Å². The highest BCUT2D eigenvalue weighted by Crippen LogP contribution is 2.36. The van der Waals surface area contributed by atoms with E-state index in [0.717, 1.165) is 15.0 Å². The van der Waals surface area contributed by atoms with Gasteiger partial charge in [0.05, 0.1) is 0 Å². The van der Waals surface area contributed by atoms with Gasteiger partial charge in [-0.15, -0.1) is 11.3 Å². The Morgan fingerprint density at radius 1 is 1.00 bits per heavy atom. The molecule has 1 atom stereocenters. The highest BCUT2D eigenvalue weighted by molar-refractivity contribution is 7.19. The van der Waals surface area contributed by atoms with E-state index < -0.39 is 6.10 Å². The topological polar surface area (TPSA) is 20.2 Å². The normalized spacial score (nSPS) is 12.8. The number of halogens is 2. The Kier molecular flexibility index (Phi) is 3.50. The number of aliphatic hydroxyl groups is 1. The van der Waals surface area contributed by atoms with Crippen molar-refractivity contribution in [1.82, 2.24) is 0 Å². The maximum Gasteiger partial charge on any atom is 0.115 e. The highest BCUT2D eigenvalue weighted by Gasteiger charge is 2.16. The number of rotatable bonds is 2. The first-order valence-corrected chi connectivity index (χ1v) is 7.34. The zero-order chi connectivity index (χ0) is 13.4. The molecule has 3 rings (SSSR count). The van der Waals surface area contributed by atoms with Gasteiger partial charge in [0.15, 0.2) is 0 Å². The molecule has 1 nitrogen and oxygen atoms in total. The quantitative estimate of drug-likeness (QED) is 0.682. The minimum absolute atomic E-state index is 0.484. The van der Waals surface area contributed by atoms with E-state index in [1.807, 2.05) is 30.3 Å². The van der Waals surface area contributed by atoms with Gasteiger partial charge in [-0.1, -0.05) is 47.5 Å². The summed E-state index contributed by atoms with van der Waals surface area (Å²) >= 11 is 13.6. The average Bonchev–Trinajstić information content (AvgIpc) is 2.81. The van der Waals surface area contributed by atoms with Crippen LogP contribution in [0.3, 0.4) is 0 Å². The van der Waals surface area contributed by atoms with E-state index in [1.165, 1.54) is 0 Å². The summed E-state index contributed by atoms with van der Waals surface area (Å²) in [5.41, 5.74) is 0.678. The smallest absolute Gasteiger partial charge is 0.115 e. The molecule has 0 aliphatic rings. The van der Waals surface area contributed by atoms with Gasteiger partial charge in [-0.2, -0.15) is 0 Å². The summed E-state index contributed by atoms with van der Waals surface area (Å²) in [6.07, 6.45) is -0.720. The van der Waals surface area contributed by atoms with Gasteiger partial charge in [0.25, 0.3) is 0 Å². The van der Waals surface area contributed by atoms with Gasteiger partial charge in [-0.25, -0.2) is 0 Å². The van der Waals surface area contributed by atoms with Crippen molar-refractivity contribution < 1.29 is 5.11 Å². The van der Waals surface area contributed by atoms with Crippen molar-refractivity contribution in [3.8, 4) is 0 Å². The Bertz CT molecular complexity index is 703. The molecule has 3 aromatic rings. The second-order valence-electron chi connectivity index (χ2n) is 4.25. The maximum atomic E-state index is 10.4. The van der Waals surface area contributed by atoms with Gasteiger partial charge in [-0.05, 0) is 29.7 Å². The summed E-state index contributed by atoms with van der Waals surface area (Å²) in [5.74, 6) is 0. The van der Waals surface area contributed by atoms with Crippen molar-refractivity contribution >= 4 is 44.6 Å². The predicted octanol–water partition coefficient (Wildman–Crippen LogP) is 5.29. The van der Waals surface area contributed by atoms with Crippen molar-refractivity contribution in [3.63, 3.8) is 0 Å². The number of fused-ring (bicyclic) bond motifs is 1. The molecule has 0 radical (unpaired) electrons. The number of hydrogen-bond acceptors (Lipinski definition) is 2. The summed E-state index contributed by atoms with van der Waals surface area (Å²) < 4.78 is 1.15. The first-order chi connectivity index (χ1) is 9.15. The molecule has 0 amide bonds. The molecule has 0 saturated carbocycles. The predicted molar refractivity (Wildman–Crippen MR) is 82.3 cm³/mol. The summed E-state index contributed by atoms with van der Waals surface area (Å²) in [6, 6.07) is 15.2. The molecular weight excluding hydrogens is 299 g/mol. The Morgan fingerprint density at radius 3 is 2.53 bits per heavy atom. The summed E-state index contributed by atoms with van der Waals surface area (Å²) in [6.45, 7) is 0. The Balaban J connectivity index is 2.05. The van der Waals surface area contributed by atoms with Crippen molar-refractivity contribution in [1.29, 1.82) is 0 Å². The van der Waals surface area contributed by atoms with Gasteiger partial charge in [-0.3, -0.25) is 0 Å². The lowest BCUT2D eigenvalue weighted by Gasteiger charge is -2.10. The fourth-order valence-corrected chi connectivity index (χ4v) is 3.60. The van der Waals surface area contributed by atoms with E-state index in [4.69, 9.17) is 23.2 Å². The molecule has 2 aromatic carbocycles. The first kappa shape index (κ1) is 12.9. The van der Waals surface area contributed by atoms with Crippen molar-refractivity contribution in [3.05, 3.63) is 69.0 Å². The van der Waals surface area contributed by atoms with Crippen LogP contribution in [0.1, 0.15) is 16.5 Å². The molecule has 1 heterocycles. The number of aliphatic hydroxyl groups excluding tert-OH is 1. The van der Waals surface area contributed by atoms with E-state index in [-0.39, 0.29) is 0 Å². The third-order valence-electron chi connectivity index (χ3n) is 2.97. The molecule has 0 fully saturated rings. The molecule has 1 aromatic heterocycles. The number of thiophene rings is 1. The summed E-state index contributed by atoms with van der Waals surface area (Å²) in [5, 5.41) is 12.6. The third-order valence-corrected chi connectivity index (χ3v) is 4.70. The van der Waals surface area contributed by atoms with Gasteiger partial charge < -0.3 is 5.11 Å². The molecule has 0 bridgehead atoms. The maximum absolute atomic E-state index is 10.4. The van der Waals surface area contributed by atoms with Crippen molar-refractivity contribution in [2.24, 2.45) is 0 Å². The molecule has 1 N–H and O–H groups in total. The van der Waals surface area contributed by atoms with Crippen LogP contribution in [0.4, 0.5) is 0 Å². The van der Waals surface area contributed by atoms with Gasteiger partial charge in [0.2, 0.25) is 0 Å². The summed E-state index contributed by atoms with van der Waals surface area (Å²) in [7, 11) is 0. The Morgan fingerprint density at radius 2 is 1.79 bits per heavy atom. The first-order valence-electron chi connectivity index (χ1n) is 5.76. The zero-order valence-electron chi connectivity index (χ0n) is 9.81. The molecule has 4 heteroatoms. The Hall–Kier alpha value is -1.06. The van der Waals surface area contributed by atoms with Crippen LogP contribution in [0.25, 0.3) is 10.1 Å². The van der Waals surface area contributed by atoms with Crippen LogP contribution >= 0.6 is 34.5 Å². The van der Waals surface area contributed by atoms with Gasteiger partial charge in [0.1, 0.15) is 6.10 Å². The van der Waals surface area contributed by atoms with Crippen LogP contribution in [0, 0.1) is 0 Å². The number of benzene rings is 2. The largest absolute Gasteiger partial charge is 0.383 e. The zero-order valence-corrected chi connectivity index (χ0v) is 12.1. The fraction of sp³-hybridized carbons (Fsp3) is 0.0667. The lowest BCUT2D eigenvalue weighted by Crippen LogP contribution is -1.97. The molecule has 96 valence electrons. The van der Waals surface area contributed by atoms with Crippen LogP contribution in [-0.4, -0.2) is 5.11 Å². The second-order valence-corrected chi connectivity index (χ2v) is 6.21. The molecule has 0 aliphatic carbocycles. The number of hydrogen-bond donors (Lipinski definition) is 1. The highest BCUT2D eigenvalue weighted by atomic mass is 35.5. The molecular formula is C15H10Cl2OS. The fourth-order valence-electron chi connectivity index (χ4n) is 2.01. The monoisotopic (exact) mass is 308 g/mol. The standard InChI is InChI=1S/C15H10Cl2OS/c16-10-5-6-11(12(17)8-10)15(18)14-7-9-3-1-2-4-13(9)19-14/h1-8,15,18H. The van der Waals surface area contributed by atoms with E-state index in [1.54, 1.807) is 29.5 Å². The van der Waals surface area contributed by atoms with E-state index in [0.29, 0.717) is 15.6 Å². The molecule has 19 heavy (non-hydrogen) atoms. The van der Waals surface area contributed by atoms with E-state index in [9.17, 15) is 5.11 Å². The van der Waals surface area contributed by atoms with Crippen LogP contribution in [0.2, 0.25) is 10.0 Å². The van der Waals surface area contributed by atoms with Gasteiger partial charge in [0, 0.05) is 25.2 Å². The van der Waals surface area contributed by atoms with E-state index >= 15 is 0 Å². The third kappa shape index (κ3) is 2.49. The van der Waals surface area contributed by atoms with E-state index in [2.05, 4.69) is 0 Å². The minimum atomic E-state index is -0.720. The van der Waals surface area contributed by atoms with Crippen LogP contribution in [0.5, 0.6) is 0 Å². The lowest BCUT2D eigenvalue weighted by atomic mass is 10.1. The SMILES string of the molecule is OC(c1cc2ccccc2s1)c1ccc(Cl)cc1Cl. The Labute approximate surface area is 125 Å². The molecule has 0 aliphatic heterocycles. The van der Waals surface area contributed by atoms with Crippen LogP contribution in [0.15, 0.2) is 48.5 Å². The molecule has 1 unspecified atom stereocenters. The second kappa shape index (κ2) is 5.14. The molecule has 0 spiro atoms. The summed E-state index contributed by atoms with van der Waals surface area (Å²) in [4.78, 5) is 0.880. The van der Waals surface area contributed by atoms with Gasteiger partial charge >= 0.3 is 0 Å². The van der Waals surface area contributed by atoms with Crippen LogP contribution in [-0.2, 0) is 0 Å². The average molecular weight is 309 g/mol. The minimum Gasteiger partial charge on any atom is -0.383 e. The molecule has 0 saturated heterocycles.